The third-order valence-corrected chi connectivity index (χ3v) is 8.57. The Kier molecular flexibility index (Phi) is 4.90. The first-order valence-electron chi connectivity index (χ1n) is 12.3. The highest BCUT2D eigenvalue weighted by Gasteiger charge is 2.57. The summed E-state index contributed by atoms with van der Waals surface area (Å²) in [4.78, 5) is 40.2. The van der Waals surface area contributed by atoms with E-state index in [2.05, 4.69) is 16.8 Å². The summed E-state index contributed by atoms with van der Waals surface area (Å²) in [6.45, 7) is 5.92. The van der Waals surface area contributed by atoms with Crippen LogP contribution in [0.15, 0.2) is 0 Å². The Morgan fingerprint density at radius 3 is 2.32 bits per heavy atom. The molecule has 1 saturated carbocycles. The number of rotatable bonds is 4. The van der Waals surface area contributed by atoms with Crippen molar-refractivity contribution < 1.29 is 23.5 Å². The van der Waals surface area contributed by atoms with E-state index in [0.29, 0.717) is 74.1 Å². The highest BCUT2D eigenvalue weighted by molar-refractivity contribution is 5.77. The molecule has 34 heavy (non-hydrogen) atoms. The first-order valence-corrected chi connectivity index (χ1v) is 12.3. The molecule has 6 rings (SSSR count). The average molecular weight is 477 g/mol. The maximum absolute atomic E-state index is 14.6. The van der Waals surface area contributed by atoms with Crippen molar-refractivity contribution in [3.8, 4) is 0 Å². The van der Waals surface area contributed by atoms with E-state index in [9.17, 15) is 18.4 Å². The fourth-order valence-electron chi connectivity index (χ4n) is 6.20. The summed E-state index contributed by atoms with van der Waals surface area (Å²) in [6, 6.07) is 0.265. The number of piperazine rings is 1. The first-order chi connectivity index (χ1) is 16.2. The van der Waals surface area contributed by atoms with Crippen molar-refractivity contribution in [3.05, 3.63) is 11.3 Å². The molecule has 0 aromatic carbocycles. The number of nitrogens with zero attached hydrogens (tertiary/aromatic N) is 6. The van der Waals surface area contributed by atoms with Gasteiger partial charge < -0.3 is 24.7 Å². The highest BCUT2D eigenvalue weighted by atomic mass is 19.3. The van der Waals surface area contributed by atoms with Gasteiger partial charge in [0.25, 0.3) is 5.92 Å². The van der Waals surface area contributed by atoms with Gasteiger partial charge in [-0.15, -0.1) is 0 Å². The third-order valence-electron chi connectivity index (χ3n) is 8.57. The van der Waals surface area contributed by atoms with Crippen molar-refractivity contribution in [1.82, 2.24) is 19.8 Å². The zero-order chi connectivity index (χ0) is 23.8. The van der Waals surface area contributed by atoms with E-state index in [1.807, 2.05) is 4.90 Å². The van der Waals surface area contributed by atoms with Crippen LogP contribution in [0.25, 0.3) is 0 Å². The number of carbonyl (C=O) groups is 2. The molecule has 1 aromatic heterocycles. The number of carboxylic acid groups (broad SMARTS) is 1. The quantitative estimate of drug-likeness (QED) is 0.711. The molecule has 1 unspecified atom stereocenters. The number of anilines is 2. The van der Waals surface area contributed by atoms with Crippen LogP contribution in [-0.4, -0.2) is 88.7 Å². The number of halogens is 2. The Labute approximate surface area is 196 Å². The number of hydrogen-bond acceptors (Lipinski definition) is 6. The van der Waals surface area contributed by atoms with Gasteiger partial charge in [-0.2, -0.15) is 13.8 Å². The molecule has 2 amide bonds. The molecule has 9 nitrogen and oxygen atoms in total. The Hall–Kier alpha value is -2.72. The van der Waals surface area contributed by atoms with Crippen LogP contribution in [0.3, 0.4) is 0 Å². The van der Waals surface area contributed by atoms with E-state index in [-0.39, 0.29) is 24.1 Å². The zero-order valence-corrected chi connectivity index (χ0v) is 19.3. The summed E-state index contributed by atoms with van der Waals surface area (Å²) in [5, 5.41) is 9.08. The van der Waals surface area contributed by atoms with Crippen LogP contribution in [0, 0.1) is 17.8 Å². The molecule has 11 heteroatoms. The van der Waals surface area contributed by atoms with E-state index < -0.39 is 12.0 Å². The second kappa shape index (κ2) is 7.64. The normalized spacial score (nSPS) is 31.3. The summed E-state index contributed by atoms with van der Waals surface area (Å²) in [5.74, 6) is -0.662. The van der Waals surface area contributed by atoms with Gasteiger partial charge in [-0.25, -0.2) is 9.78 Å². The Bertz CT molecular complexity index is 1020. The largest absolute Gasteiger partial charge is 0.465 e. The van der Waals surface area contributed by atoms with Crippen molar-refractivity contribution >= 4 is 23.8 Å². The van der Waals surface area contributed by atoms with E-state index >= 15 is 0 Å². The highest BCUT2D eigenvalue weighted by Crippen LogP contribution is 2.55. The van der Waals surface area contributed by atoms with Gasteiger partial charge in [0.05, 0.1) is 0 Å². The smallest absolute Gasteiger partial charge is 0.407 e. The summed E-state index contributed by atoms with van der Waals surface area (Å²) in [5.41, 5.74) is 0.492. The first kappa shape index (κ1) is 21.8. The van der Waals surface area contributed by atoms with Crippen LogP contribution in [0.5, 0.6) is 0 Å². The lowest BCUT2D eigenvalue weighted by atomic mass is 10.1. The Morgan fingerprint density at radius 1 is 1.06 bits per heavy atom. The molecule has 4 fully saturated rings. The molecule has 5 aliphatic rings. The van der Waals surface area contributed by atoms with Crippen molar-refractivity contribution in [3.63, 3.8) is 0 Å². The lowest BCUT2D eigenvalue weighted by molar-refractivity contribution is -0.133. The van der Waals surface area contributed by atoms with Crippen LogP contribution in [0.1, 0.15) is 37.4 Å². The predicted molar refractivity (Wildman–Crippen MR) is 119 cm³/mol. The fraction of sp³-hybridized carbons (Fsp3) is 0.739. The number of carbonyl (C=O) groups excluding carboxylic acids is 1. The van der Waals surface area contributed by atoms with Crippen LogP contribution in [0.2, 0.25) is 0 Å². The summed E-state index contributed by atoms with van der Waals surface area (Å²) < 4.78 is 29.2. The van der Waals surface area contributed by atoms with Gasteiger partial charge in [0.2, 0.25) is 11.9 Å². The van der Waals surface area contributed by atoms with Gasteiger partial charge in [0, 0.05) is 70.3 Å². The molecule has 0 radical (unpaired) electrons. The molecule has 3 aliphatic heterocycles. The van der Waals surface area contributed by atoms with E-state index in [1.165, 1.54) is 4.90 Å². The molecule has 0 spiro atoms. The number of alkyl halides is 2. The summed E-state index contributed by atoms with van der Waals surface area (Å²) in [7, 11) is 0. The van der Waals surface area contributed by atoms with Crippen LogP contribution >= 0.6 is 0 Å². The van der Waals surface area contributed by atoms with Crippen LogP contribution in [0.4, 0.5) is 25.3 Å². The van der Waals surface area contributed by atoms with Gasteiger partial charge >= 0.3 is 6.09 Å². The summed E-state index contributed by atoms with van der Waals surface area (Å²) >= 11 is 0. The number of piperidine rings is 1. The molecule has 4 atom stereocenters. The number of amides is 2. The minimum absolute atomic E-state index is 0.0904. The minimum atomic E-state index is -2.90. The molecule has 4 heterocycles. The Morgan fingerprint density at radius 2 is 1.74 bits per heavy atom. The maximum Gasteiger partial charge on any atom is 0.407 e. The predicted octanol–water partition coefficient (Wildman–Crippen LogP) is 2.01. The average Bonchev–Trinajstić information content (AvgIpc) is 3.11. The van der Waals surface area contributed by atoms with E-state index in [0.717, 1.165) is 26.1 Å². The summed E-state index contributed by atoms with van der Waals surface area (Å²) in [6.07, 6.45) is 0.637. The molecular weight excluding hydrogens is 446 g/mol. The molecule has 0 bridgehead atoms. The van der Waals surface area contributed by atoms with Gasteiger partial charge in [0.1, 0.15) is 11.5 Å². The van der Waals surface area contributed by atoms with Crippen molar-refractivity contribution in [2.75, 3.05) is 55.6 Å². The van der Waals surface area contributed by atoms with Crippen molar-refractivity contribution in [1.29, 1.82) is 0 Å². The fourth-order valence-corrected chi connectivity index (χ4v) is 6.20. The number of hydrogen-bond donors (Lipinski definition) is 1. The van der Waals surface area contributed by atoms with Gasteiger partial charge in [0.15, 0.2) is 0 Å². The van der Waals surface area contributed by atoms with Gasteiger partial charge in [-0.05, 0) is 37.5 Å². The van der Waals surface area contributed by atoms with Crippen LogP contribution < -0.4 is 9.80 Å². The molecule has 2 aliphatic carbocycles. The third kappa shape index (κ3) is 3.46. The molecule has 1 N–H and O–H groups in total. The molecule has 3 saturated heterocycles. The van der Waals surface area contributed by atoms with E-state index in [4.69, 9.17) is 10.1 Å². The second-order valence-corrected chi connectivity index (χ2v) is 10.5. The molecule has 1 aromatic rings. The standard InChI is InChI=1S/C23H30F2N6O3/c1-13-3-5-31(13)21-26-19-14(2-4-23(19,24)25)20(27-21)30-11-16-15(17(16)12-30)10-18(32)28-6-8-29(9-7-28)22(33)34/h13,15-17H,2-12H2,1H3,(H,33,34)/t13-,15?,16-,17+/m0/s1. The topological polar surface area (TPSA) is 93.1 Å². The molecular formula is C23H30F2N6O3. The van der Waals surface area contributed by atoms with Crippen molar-refractivity contribution in [2.24, 2.45) is 17.8 Å². The monoisotopic (exact) mass is 476 g/mol. The minimum Gasteiger partial charge on any atom is -0.465 e. The maximum atomic E-state index is 14.6. The lowest BCUT2D eigenvalue weighted by Crippen LogP contribution is -2.50. The second-order valence-electron chi connectivity index (χ2n) is 10.5. The molecule has 184 valence electrons. The van der Waals surface area contributed by atoms with Crippen molar-refractivity contribution in [2.45, 2.75) is 44.6 Å². The SMILES string of the molecule is C[C@H]1CCN1c1nc(N2C[C@@H]3C(CC(=O)N4CCN(C(=O)O)CC4)[C@@H]3C2)c2c(n1)C(F)(F)CC2. The van der Waals surface area contributed by atoms with Gasteiger partial charge in [-0.3, -0.25) is 4.79 Å². The lowest BCUT2D eigenvalue weighted by Gasteiger charge is -2.39. The zero-order valence-electron chi connectivity index (χ0n) is 19.3. The van der Waals surface area contributed by atoms with Gasteiger partial charge in [-0.1, -0.05) is 0 Å². The number of aromatic nitrogens is 2. The Balaban J connectivity index is 1.12. The number of fused-ring (bicyclic) bond motifs is 2. The van der Waals surface area contributed by atoms with E-state index in [1.54, 1.807) is 4.90 Å². The van der Waals surface area contributed by atoms with Crippen LogP contribution in [-0.2, 0) is 17.1 Å².